The number of nitrogens with two attached hydrogens (primary N) is 1. The number of aliphatic carboxylic acids is 1. The van der Waals surface area contributed by atoms with E-state index in [1.165, 1.54) is 0 Å². The smallest absolute Gasteiger partial charge is 0.480 e. The molecule has 0 saturated carbocycles. The molecule has 1 aromatic carbocycles. The van der Waals surface area contributed by atoms with Gasteiger partial charge in [-0.25, -0.2) is 9.59 Å². The number of nitrogen functional groups attached to an aromatic ring is 1. The van der Waals surface area contributed by atoms with Gasteiger partial charge < -0.3 is 30.2 Å². The molecule has 1 atom stereocenters. The molecule has 8 nitrogen and oxygen atoms in total. The number of anilines is 1. The maximum atomic E-state index is 11.9. The largest absolute Gasteiger partial charge is 0.494 e. The Morgan fingerprint density at radius 1 is 1.21 bits per heavy atom. The molecule has 1 unspecified atom stereocenters. The van der Waals surface area contributed by atoms with Crippen molar-refractivity contribution in [2.24, 2.45) is 0 Å². The Hall–Kier alpha value is -2.26. The summed E-state index contributed by atoms with van der Waals surface area (Å²) in [7, 11) is -0.563. The van der Waals surface area contributed by atoms with Crippen LogP contribution in [0, 0.1) is 0 Å². The molecular weight excluding hydrogens is 375 g/mol. The lowest BCUT2D eigenvalue weighted by Crippen LogP contribution is -2.44. The van der Waals surface area contributed by atoms with Gasteiger partial charge in [0.25, 0.3) is 0 Å². The second-order valence-electron chi connectivity index (χ2n) is 9.29. The van der Waals surface area contributed by atoms with Crippen LogP contribution in [0.4, 0.5) is 10.5 Å². The van der Waals surface area contributed by atoms with E-state index in [2.05, 4.69) is 5.32 Å². The van der Waals surface area contributed by atoms with Crippen LogP contribution in [0.5, 0.6) is 0 Å². The van der Waals surface area contributed by atoms with Gasteiger partial charge in [0.05, 0.1) is 11.2 Å². The number of rotatable bonds is 5. The van der Waals surface area contributed by atoms with Gasteiger partial charge in [-0.05, 0) is 65.6 Å². The molecule has 1 aromatic rings. The van der Waals surface area contributed by atoms with Crippen LogP contribution in [-0.2, 0) is 25.3 Å². The Morgan fingerprint density at radius 2 is 1.76 bits per heavy atom. The average molecular weight is 406 g/mol. The van der Waals surface area contributed by atoms with Gasteiger partial charge in [0.1, 0.15) is 11.6 Å². The van der Waals surface area contributed by atoms with E-state index in [0.29, 0.717) is 11.3 Å². The summed E-state index contributed by atoms with van der Waals surface area (Å²) in [5.41, 5.74) is 6.22. The number of hydrogen-bond acceptors (Lipinski definition) is 6. The third kappa shape index (κ3) is 5.64. The minimum Gasteiger partial charge on any atom is -0.480 e. The van der Waals surface area contributed by atoms with Crippen molar-refractivity contribution < 1.29 is 28.7 Å². The minimum atomic E-state index is -1.18. The van der Waals surface area contributed by atoms with Gasteiger partial charge >= 0.3 is 19.2 Å². The van der Waals surface area contributed by atoms with Gasteiger partial charge in [0.15, 0.2) is 0 Å². The predicted molar refractivity (Wildman–Crippen MR) is 111 cm³/mol. The maximum absolute atomic E-state index is 11.9. The molecule has 0 aliphatic carbocycles. The standard InChI is InChI=1S/C20H31BN2O6/c1-18(2,3)27-17(26)23-15(16(24)25)10-12-8-9-13(11-14(12)22)21-28-19(4,5)20(6,7)29-21/h8-9,11,15H,10,22H2,1-7H3,(H,23,26)(H,24,25). The van der Waals surface area contributed by atoms with Crippen LogP contribution in [0.3, 0.4) is 0 Å². The highest BCUT2D eigenvalue weighted by atomic mass is 16.7. The zero-order valence-corrected chi connectivity index (χ0v) is 18.2. The first kappa shape index (κ1) is 23.0. The lowest BCUT2D eigenvalue weighted by atomic mass is 9.78. The third-order valence-corrected chi connectivity index (χ3v) is 5.11. The monoisotopic (exact) mass is 406 g/mol. The molecular formula is C20H31BN2O6. The number of nitrogens with one attached hydrogen (secondary N) is 1. The summed E-state index contributed by atoms with van der Waals surface area (Å²) in [6, 6.07) is 4.06. The lowest BCUT2D eigenvalue weighted by Gasteiger charge is -2.32. The summed E-state index contributed by atoms with van der Waals surface area (Å²) in [4.78, 5) is 23.5. The highest BCUT2D eigenvalue weighted by Crippen LogP contribution is 2.36. The summed E-state index contributed by atoms with van der Waals surface area (Å²) < 4.78 is 17.2. The van der Waals surface area contributed by atoms with Gasteiger partial charge in [-0.15, -0.1) is 0 Å². The Labute approximate surface area is 172 Å². The highest BCUT2D eigenvalue weighted by Gasteiger charge is 2.51. The predicted octanol–water partition coefficient (Wildman–Crippen LogP) is 2.09. The van der Waals surface area contributed by atoms with Crippen LogP contribution in [0.25, 0.3) is 0 Å². The van der Waals surface area contributed by atoms with Crippen molar-refractivity contribution in [3.8, 4) is 0 Å². The Balaban J connectivity index is 2.13. The summed E-state index contributed by atoms with van der Waals surface area (Å²) in [6.07, 6.45) is -0.776. The van der Waals surface area contributed by atoms with E-state index in [-0.39, 0.29) is 6.42 Å². The van der Waals surface area contributed by atoms with Crippen molar-refractivity contribution in [2.75, 3.05) is 5.73 Å². The molecule has 9 heteroatoms. The van der Waals surface area contributed by atoms with E-state index >= 15 is 0 Å². The molecule has 160 valence electrons. The fourth-order valence-corrected chi connectivity index (χ4v) is 2.79. The average Bonchev–Trinajstić information content (AvgIpc) is 2.74. The van der Waals surface area contributed by atoms with Crippen molar-refractivity contribution in [3.63, 3.8) is 0 Å². The number of carbonyl (C=O) groups is 2. The van der Waals surface area contributed by atoms with Crippen molar-refractivity contribution in [1.29, 1.82) is 0 Å². The van der Waals surface area contributed by atoms with Crippen LogP contribution < -0.4 is 16.5 Å². The molecule has 0 spiro atoms. The molecule has 4 N–H and O–H groups in total. The minimum absolute atomic E-state index is 0.0179. The van der Waals surface area contributed by atoms with Crippen molar-refractivity contribution in [1.82, 2.24) is 5.32 Å². The summed E-state index contributed by atoms with van der Waals surface area (Å²) in [6.45, 7) is 13.0. The number of carboxylic acid groups (broad SMARTS) is 1. The highest BCUT2D eigenvalue weighted by molar-refractivity contribution is 6.62. The van der Waals surface area contributed by atoms with Gasteiger partial charge in [-0.1, -0.05) is 12.1 Å². The number of hydrogen-bond donors (Lipinski definition) is 3. The molecule has 1 heterocycles. The molecule has 1 amide bonds. The van der Waals surface area contributed by atoms with Crippen molar-refractivity contribution in [2.45, 2.75) is 77.7 Å². The van der Waals surface area contributed by atoms with Gasteiger partial charge in [-0.2, -0.15) is 0 Å². The Kier molecular flexibility index (Phi) is 6.25. The van der Waals surface area contributed by atoms with Gasteiger partial charge in [-0.3, -0.25) is 0 Å². The molecule has 0 radical (unpaired) electrons. The number of alkyl carbamates (subject to hydrolysis) is 1. The molecule has 1 saturated heterocycles. The fraction of sp³-hybridized carbons (Fsp3) is 0.600. The molecule has 1 aliphatic rings. The van der Waals surface area contributed by atoms with Crippen LogP contribution in [0.1, 0.15) is 54.0 Å². The summed E-state index contributed by atoms with van der Waals surface area (Å²) in [5.74, 6) is -1.18. The Morgan fingerprint density at radius 3 is 2.21 bits per heavy atom. The van der Waals surface area contributed by atoms with E-state index in [4.69, 9.17) is 19.8 Å². The third-order valence-electron chi connectivity index (χ3n) is 5.11. The zero-order chi connectivity index (χ0) is 22.2. The second-order valence-corrected chi connectivity index (χ2v) is 9.29. The normalized spacial score (nSPS) is 18.9. The molecule has 1 fully saturated rings. The number of benzene rings is 1. The van der Waals surface area contributed by atoms with E-state index in [1.807, 2.05) is 27.7 Å². The lowest BCUT2D eigenvalue weighted by molar-refractivity contribution is -0.139. The fourth-order valence-electron chi connectivity index (χ4n) is 2.79. The van der Waals surface area contributed by atoms with Crippen LogP contribution >= 0.6 is 0 Å². The zero-order valence-electron chi connectivity index (χ0n) is 18.2. The molecule has 0 bridgehead atoms. The van der Waals surface area contributed by atoms with E-state index in [0.717, 1.165) is 5.46 Å². The first-order valence-electron chi connectivity index (χ1n) is 9.57. The number of carbonyl (C=O) groups excluding carboxylic acids is 1. The number of ether oxygens (including phenoxy) is 1. The van der Waals surface area contributed by atoms with Crippen LogP contribution in [0.2, 0.25) is 0 Å². The topological polar surface area (TPSA) is 120 Å². The van der Waals surface area contributed by atoms with Gasteiger partial charge in [0.2, 0.25) is 0 Å². The Bertz CT molecular complexity index is 772. The van der Waals surface area contributed by atoms with Crippen LogP contribution in [0.15, 0.2) is 18.2 Å². The van der Waals surface area contributed by atoms with E-state index in [1.54, 1.807) is 39.0 Å². The summed E-state index contributed by atoms with van der Waals surface area (Å²) >= 11 is 0. The van der Waals surface area contributed by atoms with E-state index in [9.17, 15) is 14.7 Å². The second kappa shape index (κ2) is 7.87. The van der Waals surface area contributed by atoms with E-state index < -0.39 is 42.0 Å². The number of carboxylic acids is 1. The van der Waals surface area contributed by atoms with Crippen molar-refractivity contribution >= 4 is 30.3 Å². The maximum Gasteiger partial charge on any atom is 0.494 e. The first-order valence-corrected chi connectivity index (χ1v) is 9.57. The first-order chi connectivity index (χ1) is 13.1. The molecule has 29 heavy (non-hydrogen) atoms. The molecule has 0 aromatic heterocycles. The molecule has 2 rings (SSSR count). The van der Waals surface area contributed by atoms with Gasteiger partial charge in [0, 0.05) is 12.1 Å². The van der Waals surface area contributed by atoms with Crippen molar-refractivity contribution in [3.05, 3.63) is 23.8 Å². The van der Waals surface area contributed by atoms with Crippen LogP contribution in [-0.4, -0.2) is 47.1 Å². The molecule has 1 aliphatic heterocycles. The SMILES string of the molecule is CC(C)(C)OC(=O)NC(Cc1ccc(B2OC(C)(C)C(C)(C)O2)cc1N)C(=O)O. The quantitative estimate of drug-likeness (QED) is 0.506. The summed E-state index contributed by atoms with van der Waals surface area (Å²) in [5, 5.41) is 11.8. The number of amides is 1.